The molecule has 9 heteroatoms. The zero-order valence-electron chi connectivity index (χ0n) is 13.8. The number of carbonyl (C=O) groups is 1. The molecular weight excluding hydrogens is 368 g/mol. The van der Waals surface area contributed by atoms with Crippen LogP contribution < -0.4 is 10.1 Å². The monoisotopic (exact) mass is 383 g/mol. The van der Waals surface area contributed by atoms with Crippen molar-refractivity contribution < 1.29 is 22.8 Å². The van der Waals surface area contributed by atoms with E-state index in [0.717, 1.165) is 16.6 Å². The summed E-state index contributed by atoms with van der Waals surface area (Å²) >= 11 is 6.23. The average Bonchev–Trinajstić information content (AvgIpc) is 3.15. The smallest absolute Gasteiger partial charge is 0.247 e. The molecule has 0 saturated heterocycles. The fourth-order valence-corrected chi connectivity index (χ4v) is 2.67. The highest BCUT2D eigenvalue weighted by Crippen LogP contribution is 2.31. The molecule has 2 heterocycles. The lowest BCUT2D eigenvalue weighted by atomic mass is 10.2. The molecule has 138 valence electrons. The summed E-state index contributed by atoms with van der Waals surface area (Å²) in [6.45, 7) is 2.11. The van der Waals surface area contributed by atoms with Gasteiger partial charge in [0.05, 0.1) is 23.7 Å². The molecule has 0 aliphatic carbocycles. The third-order valence-electron chi connectivity index (χ3n) is 3.59. The predicted molar refractivity (Wildman–Crippen MR) is 91.3 cm³/mol. The second-order valence-corrected chi connectivity index (χ2v) is 6.17. The Kier molecular flexibility index (Phi) is 5.41. The topological polar surface area (TPSA) is 80.1 Å². The Hall–Kier alpha value is -2.61. The van der Waals surface area contributed by atoms with Gasteiger partial charge in [-0.1, -0.05) is 16.8 Å². The summed E-state index contributed by atoms with van der Waals surface area (Å²) in [6, 6.07) is 7.00. The zero-order chi connectivity index (χ0) is 18.7. The molecule has 3 rings (SSSR count). The number of carbonyl (C=O) groups excluding carboxylic acids is 1. The van der Waals surface area contributed by atoms with Gasteiger partial charge in [0, 0.05) is 28.7 Å². The van der Waals surface area contributed by atoms with Gasteiger partial charge in [-0.25, -0.2) is 8.78 Å². The number of alkyl halides is 2. The highest BCUT2D eigenvalue weighted by molar-refractivity contribution is 6.32. The molecule has 0 saturated carbocycles. The van der Waals surface area contributed by atoms with Crippen molar-refractivity contribution in [1.29, 1.82) is 0 Å². The van der Waals surface area contributed by atoms with Crippen molar-refractivity contribution in [2.24, 2.45) is 0 Å². The highest BCUT2D eigenvalue weighted by atomic mass is 35.5. The number of rotatable bonds is 7. The Bertz CT molecular complexity index is 923. The molecule has 0 spiro atoms. The van der Waals surface area contributed by atoms with E-state index < -0.39 is 18.8 Å². The molecule has 0 bridgehead atoms. The van der Waals surface area contributed by atoms with Gasteiger partial charge in [-0.05, 0) is 19.1 Å². The number of benzene rings is 1. The van der Waals surface area contributed by atoms with Gasteiger partial charge in [-0.3, -0.25) is 4.79 Å². The van der Waals surface area contributed by atoms with Gasteiger partial charge < -0.3 is 19.6 Å². The minimum atomic E-state index is -2.66. The summed E-state index contributed by atoms with van der Waals surface area (Å²) < 4.78 is 35.0. The molecule has 1 amide bonds. The van der Waals surface area contributed by atoms with E-state index >= 15 is 0 Å². The second-order valence-electron chi connectivity index (χ2n) is 5.76. The van der Waals surface area contributed by atoms with Crippen molar-refractivity contribution in [3.8, 4) is 5.75 Å². The fourth-order valence-electron chi connectivity index (χ4n) is 2.44. The third-order valence-corrected chi connectivity index (χ3v) is 3.89. The number of nitrogens with zero attached hydrogens (tertiary/aromatic N) is 1. The molecule has 26 heavy (non-hydrogen) atoms. The number of H-pyrrole nitrogens is 1. The maximum absolute atomic E-state index is 12.2. The van der Waals surface area contributed by atoms with Crippen LogP contribution in [0.5, 0.6) is 5.75 Å². The number of hydrogen-bond donors (Lipinski definition) is 2. The third kappa shape index (κ3) is 4.51. The van der Waals surface area contributed by atoms with Crippen molar-refractivity contribution in [2.45, 2.75) is 32.9 Å². The molecular formula is C17H16ClF2N3O3. The normalized spacial score (nSPS) is 11.3. The largest absolute Gasteiger partial charge is 0.484 e. The molecule has 6 nitrogen and oxygen atoms in total. The zero-order valence-corrected chi connectivity index (χ0v) is 14.6. The summed E-state index contributed by atoms with van der Waals surface area (Å²) in [5.41, 5.74) is 2.17. The van der Waals surface area contributed by atoms with E-state index in [2.05, 4.69) is 15.5 Å². The lowest BCUT2D eigenvalue weighted by Gasteiger charge is -2.06. The molecule has 0 aliphatic rings. The van der Waals surface area contributed by atoms with Crippen LogP contribution in [0.15, 0.2) is 28.8 Å². The molecule has 2 aromatic heterocycles. The average molecular weight is 384 g/mol. The van der Waals surface area contributed by atoms with E-state index in [-0.39, 0.29) is 13.2 Å². The first-order valence-electron chi connectivity index (χ1n) is 7.81. The molecule has 0 fully saturated rings. The summed E-state index contributed by atoms with van der Waals surface area (Å²) in [4.78, 5) is 14.4. The van der Waals surface area contributed by atoms with Gasteiger partial charge >= 0.3 is 0 Å². The van der Waals surface area contributed by atoms with E-state index in [1.165, 1.54) is 0 Å². The number of hydrogen-bond acceptors (Lipinski definition) is 4. The fraction of sp³-hybridized carbons (Fsp3) is 0.294. The van der Waals surface area contributed by atoms with Crippen molar-refractivity contribution in [3.63, 3.8) is 0 Å². The molecule has 1 aromatic carbocycles. The van der Waals surface area contributed by atoms with Crippen molar-refractivity contribution in [1.82, 2.24) is 15.5 Å². The summed E-state index contributed by atoms with van der Waals surface area (Å²) in [7, 11) is 0. The molecule has 0 unspecified atom stereocenters. The van der Waals surface area contributed by atoms with Gasteiger partial charge in [0.2, 0.25) is 12.3 Å². The van der Waals surface area contributed by atoms with Gasteiger partial charge in [0.25, 0.3) is 0 Å². The number of nitrogens with one attached hydrogen (secondary N) is 2. The van der Waals surface area contributed by atoms with Crippen LogP contribution in [0.1, 0.15) is 23.6 Å². The number of fused-ring (bicyclic) bond motifs is 1. The van der Waals surface area contributed by atoms with E-state index in [1.54, 1.807) is 24.3 Å². The van der Waals surface area contributed by atoms with E-state index in [4.69, 9.17) is 20.9 Å². The van der Waals surface area contributed by atoms with E-state index in [0.29, 0.717) is 22.2 Å². The second kappa shape index (κ2) is 7.74. The molecule has 3 aromatic rings. The van der Waals surface area contributed by atoms with Crippen LogP contribution in [0.3, 0.4) is 0 Å². The van der Waals surface area contributed by atoms with E-state index in [9.17, 15) is 13.6 Å². The lowest BCUT2D eigenvalue weighted by molar-refractivity contribution is -0.123. The number of aryl methyl sites for hydroxylation is 1. The minimum Gasteiger partial charge on any atom is -0.484 e. The number of aromatic nitrogens is 2. The maximum Gasteiger partial charge on any atom is 0.247 e. The highest BCUT2D eigenvalue weighted by Gasteiger charge is 2.12. The van der Waals surface area contributed by atoms with Crippen LogP contribution in [0.4, 0.5) is 8.78 Å². The Balaban J connectivity index is 1.68. The molecule has 0 atom stereocenters. The van der Waals surface area contributed by atoms with E-state index in [1.807, 2.05) is 6.92 Å². The van der Waals surface area contributed by atoms with Gasteiger partial charge in [-0.15, -0.1) is 0 Å². The predicted octanol–water partition coefficient (Wildman–Crippen LogP) is 3.97. The van der Waals surface area contributed by atoms with Crippen molar-refractivity contribution in [3.05, 3.63) is 46.4 Å². The summed E-state index contributed by atoms with van der Waals surface area (Å²) in [5.74, 6) is 0.332. The first-order chi connectivity index (χ1) is 12.4. The number of aromatic amines is 1. The first-order valence-corrected chi connectivity index (χ1v) is 8.19. The van der Waals surface area contributed by atoms with Crippen molar-refractivity contribution >= 4 is 28.4 Å². The molecule has 0 aliphatic heterocycles. The van der Waals surface area contributed by atoms with Crippen LogP contribution in [0.25, 0.3) is 10.9 Å². The van der Waals surface area contributed by atoms with Crippen LogP contribution in [0.2, 0.25) is 5.02 Å². The Morgan fingerprint density at radius 1 is 1.38 bits per heavy atom. The number of halogens is 3. The summed E-state index contributed by atoms with van der Waals surface area (Å²) in [6.07, 6.45) is -3.48. The van der Waals surface area contributed by atoms with Gasteiger partial charge in [0.1, 0.15) is 12.4 Å². The minimum absolute atomic E-state index is 0.116. The molecule has 0 radical (unpaired) electrons. The van der Waals surface area contributed by atoms with Gasteiger partial charge in [-0.2, -0.15) is 0 Å². The standard InChI is InChI=1S/C17H16ClF2N3O3/c1-9-2-12(26-23-9)8-25-15-5-14-10(4-13(15)18)3-11(22-14)7-21-17(24)6-16(19)20/h2-5,16,22H,6-8H2,1H3,(H,21,24). The van der Waals surface area contributed by atoms with Crippen LogP contribution in [-0.2, 0) is 17.9 Å². The first kappa shape index (κ1) is 18.2. The number of amides is 1. The van der Waals surface area contributed by atoms with Gasteiger partial charge in [0.15, 0.2) is 5.76 Å². The SMILES string of the molecule is Cc1cc(COc2cc3[nH]c(CNC(=O)CC(F)F)cc3cc2Cl)on1. The Morgan fingerprint density at radius 2 is 2.19 bits per heavy atom. The molecule has 2 N–H and O–H groups in total. The Labute approximate surface area is 152 Å². The van der Waals surface area contributed by atoms with Crippen LogP contribution in [-0.4, -0.2) is 22.5 Å². The summed E-state index contributed by atoms with van der Waals surface area (Å²) in [5, 5.41) is 7.45. The van der Waals surface area contributed by atoms with Crippen LogP contribution in [0, 0.1) is 6.92 Å². The lowest BCUT2D eigenvalue weighted by Crippen LogP contribution is -2.24. The van der Waals surface area contributed by atoms with Crippen molar-refractivity contribution in [2.75, 3.05) is 0 Å². The quantitative estimate of drug-likeness (QED) is 0.647. The maximum atomic E-state index is 12.2. The van der Waals surface area contributed by atoms with Crippen LogP contribution >= 0.6 is 11.6 Å². The number of ether oxygens (including phenoxy) is 1. The Morgan fingerprint density at radius 3 is 2.88 bits per heavy atom.